The van der Waals surface area contributed by atoms with Crippen molar-refractivity contribution in [2.75, 3.05) is 7.11 Å². The van der Waals surface area contributed by atoms with Crippen LogP contribution in [-0.2, 0) is 14.3 Å². The third kappa shape index (κ3) is 11.0. The lowest BCUT2D eigenvalue weighted by atomic mass is 10.1. The first-order valence-corrected chi connectivity index (χ1v) is 9.56. The maximum absolute atomic E-state index is 10.9. The Balaban J connectivity index is 2.00. The lowest BCUT2D eigenvalue weighted by Crippen LogP contribution is -2.13. The molecular weight excluding hydrogens is 316 g/mol. The quantitative estimate of drug-likeness (QED) is 0.217. The Morgan fingerprint density at radius 1 is 1.12 bits per heavy atom. The summed E-state index contributed by atoms with van der Waals surface area (Å²) in [4.78, 5) is 10.9. The number of hydrogen-bond acceptors (Lipinski definition) is 4. The van der Waals surface area contributed by atoms with E-state index in [9.17, 15) is 9.90 Å². The summed E-state index contributed by atoms with van der Waals surface area (Å²) in [6, 6.07) is 0. The van der Waals surface area contributed by atoms with E-state index >= 15 is 0 Å². The largest absolute Gasteiger partial charge is 0.469 e. The van der Waals surface area contributed by atoms with Crippen molar-refractivity contribution in [3.8, 4) is 0 Å². The van der Waals surface area contributed by atoms with Gasteiger partial charge in [-0.3, -0.25) is 4.79 Å². The molecule has 1 rings (SSSR count). The Bertz CT molecular complexity index is 439. The molecule has 0 amide bonds. The summed E-state index contributed by atoms with van der Waals surface area (Å²) >= 11 is 0. The van der Waals surface area contributed by atoms with Gasteiger partial charge in [0.25, 0.3) is 0 Å². The minimum atomic E-state index is -0.477. The smallest absolute Gasteiger partial charge is 0.305 e. The molecular formula is C21H34O4. The van der Waals surface area contributed by atoms with Crippen LogP contribution in [0.25, 0.3) is 0 Å². The summed E-state index contributed by atoms with van der Waals surface area (Å²) in [5.41, 5.74) is 0. The number of carbonyl (C=O) groups excluding carboxylic acids is 1. The second-order valence-corrected chi connectivity index (χ2v) is 6.44. The van der Waals surface area contributed by atoms with Crippen molar-refractivity contribution < 1.29 is 19.4 Å². The molecule has 4 heteroatoms. The molecule has 0 aromatic heterocycles. The lowest BCUT2D eigenvalue weighted by molar-refractivity contribution is -0.140. The monoisotopic (exact) mass is 350 g/mol. The molecule has 1 saturated heterocycles. The molecule has 0 saturated carbocycles. The molecule has 25 heavy (non-hydrogen) atoms. The van der Waals surface area contributed by atoms with Crippen LogP contribution in [0, 0.1) is 0 Å². The van der Waals surface area contributed by atoms with Crippen molar-refractivity contribution in [3.05, 3.63) is 36.5 Å². The van der Waals surface area contributed by atoms with Gasteiger partial charge in [-0.2, -0.15) is 0 Å². The van der Waals surface area contributed by atoms with Crippen LogP contribution in [0.4, 0.5) is 0 Å². The molecule has 3 atom stereocenters. The van der Waals surface area contributed by atoms with Crippen LogP contribution in [-0.4, -0.2) is 36.5 Å². The number of hydrogen-bond donors (Lipinski definition) is 1. The van der Waals surface area contributed by atoms with Gasteiger partial charge in [0.2, 0.25) is 0 Å². The van der Waals surface area contributed by atoms with E-state index in [1.165, 1.54) is 26.4 Å². The molecule has 1 aliphatic rings. The fourth-order valence-corrected chi connectivity index (χ4v) is 2.64. The number of allylic oxidation sites excluding steroid dienone is 5. The SMILES string of the molecule is CCCCC[C@@H]1O[C@H]1[C@H](O)/C=C\C/C=C\C/C=C\CCCC(=O)OC. The van der Waals surface area contributed by atoms with Crippen LogP contribution < -0.4 is 0 Å². The van der Waals surface area contributed by atoms with Gasteiger partial charge in [-0.15, -0.1) is 0 Å². The Labute approximate surface area is 152 Å². The van der Waals surface area contributed by atoms with Crippen molar-refractivity contribution in [2.24, 2.45) is 0 Å². The van der Waals surface area contributed by atoms with E-state index < -0.39 is 6.10 Å². The van der Waals surface area contributed by atoms with Gasteiger partial charge in [0.1, 0.15) is 12.2 Å². The fraction of sp³-hybridized carbons (Fsp3) is 0.667. The van der Waals surface area contributed by atoms with Crippen molar-refractivity contribution in [2.45, 2.75) is 83.0 Å². The number of epoxide rings is 1. The van der Waals surface area contributed by atoms with Gasteiger partial charge in [0.05, 0.1) is 13.2 Å². The van der Waals surface area contributed by atoms with Crippen LogP contribution in [0.5, 0.6) is 0 Å². The van der Waals surface area contributed by atoms with Crippen LogP contribution in [0.3, 0.4) is 0 Å². The standard InChI is InChI=1S/C21H34O4/c1-3-4-12-16-19-21(25-19)18(22)15-13-10-8-6-5-7-9-11-14-17-20(23)24-2/h6-9,13,15,18-19,21-22H,3-5,10-12,14,16-17H2,1-2H3/b8-6-,9-7-,15-13-/t18-,19+,21+/m1/s1. The number of carbonyl (C=O) groups is 1. The predicted molar refractivity (Wildman–Crippen MR) is 101 cm³/mol. The second kappa shape index (κ2) is 13.9. The van der Waals surface area contributed by atoms with Crippen molar-refractivity contribution in [3.63, 3.8) is 0 Å². The summed E-state index contributed by atoms with van der Waals surface area (Å²) in [7, 11) is 1.42. The van der Waals surface area contributed by atoms with Crippen molar-refractivity contribution >= 4 is 5.97 Å². The minimum absolute atomic E-state index is 0.00464. The number of rotatable bonds is 14. The Kier molecular flexibility index (Phi) is 12.0. The summed E-state index contributed by atoms with van der Waals surface area (Å²) in [5.74, 6) is -0.147. The maximum atomic E-state index is 10.9. The number of aliphatic hydroxyl groups is 1. The Morgan fingerprint density at radius 3 is 2.56 bits per heavy atom. The topological polar surface area (TPSA) is 59.1 Å². The van der Waals surface area contributed by atoms with Gasteiger partial charge in [0, 0.05) is 6.42 Å². The van der Waals surface area contributed by atoms with Gasteiger partial charge >= 0.3 is 5.97 Å². The summed E-state index contributed by atoms with van der Waals surface area (Å²) in [6.07, 6.45) is 20.6. The Morgan fingerprint density at radius 2 is 1.84 bits per heavy atom. The van der Waals surface area contributed by atoms with E-state index in [4.69, 9.17) is 4.74 Å². The predicted octanol–water partition coefficient (Wildman–Crippen LogP) is 4.49. The molecule has 0 spiro atoms. The molecule has 1 fully saturated rings. The van der Waals surface area contributed by atoms with Crippen molar-refractivity contribution in [1.29, 1.82) is 0 Å². The first kappa shape index (κ1) is 21.7. The summed E-state index contributed by atoms with van der Waals surface area (Å²) in [6.45, 7) is 2.19. The van der Waals surface area contributed by atoms with Gasteiger partial charge in [-0.05, 0) is 32.1 Å². The van der Waals surface area contributed by atoms with Crippen LogP contribution in [0.1, 0.15) is 64.7 Å². The lowest BCUT2D eigenvalue weighted by Gasteiger charge is -2.00. The van der Waals surface area contributed by atoms with E-state index in [0.29, 0.717) is 6.42 Å². The third-order valence-electron chi connectivity index (χ3n) is 4.24. The average molecular weight is 350 g/mol. The maximum Gasteiger partial charge on any atom is 0.305 e. The molecule has 0 aliphatic carbocycles. The number of ether oxygens (including phenoxy) is 2. The molecule has 0 aromatic carbocycles. The van der Waals surface area contributed by atoms with Crippen LogP contribution in [0.15, 0.2) is 36.5 Å². The van der Waals surface area contributed by atoms with E-state index in [0.717, 1.165) is 32.1 Å². The van der Waals surface area contributed by atoms with Gasteiger partial charge in [-0.1, -0.05) is 62.6 Å². The second-order valence-electron chi connectivity index (χ2n) is 6.44. The molecule has 4 nitrogen and oxygen atoms in total. The van der Waals surface area contributed by atoms with Crippen molar-refractivity contribution in [1.82, 2.24) is 0 Å². The molecule has 142 valence electrons. The Hall–Kier alpha value is -1.39. The highest BCUT2D eigenvalue weighted by atomic mass is 16.6. The van der Waals surface area contributed by atoms with Gasteiger partial charge in [0.15, 0.2) is 0 Å². The number of esters is 1. The molecule has 0 unspecified atom stereocenters. The average Bonchev–Trinajstić information content (AvgIpc) is 3.39. The fourth-order valence-electron chi connectivity index (χ4n) is 2.64. The van der Waals surface area contributed by atoms with E-state index in [2.05, 4.69) is 36.0 Å². The first-order valence-electron chi connectivity index (χ1n) is 9.56. The zero-order valence-electron chi connectivity index (χ0n) is 15.7. The molecule has 1 N–H and O–H groups in total. The van der Waals surface area contributed by atoms with E-state index in [1.54, 1.807) is 0 Å². The number of methoxy groups -OCH3 is 1. The molecule has 0 aromatic rings. The molecule has 0 radical (unpaired) electrons. The zero-order valence-corrected chi connectivity index (χ0v) is 15.7. The molecule has 1 aliphatic heterocycles. The normalized spacial score (nSPS) is 21.4. The van der Waals surface area contributed by atoms with E-state index in [1.807, 2.05) is 12.2 Å². The number of unbranched alkanes of at least 4 members (excludes halogenated alkanes) is 3. The summed E-state index contributed by atoms with van der Waals surface area (Å²) in [5, 5.41) is 10.0. The highest BCUT2D eigenvalue weighted by Crippen LogP contribution is 2.30. The van der Waals surface area contributed by atoms with Crippen LogP contribution >= 0.6 is 0 Å². The zero-order chi connectivity index (χ0) is 18.3. The summed E-state index contributed by atoms with van der Waals surface area (Å²) < 4.78 is 10.1. The number of aliphatic hydroxyl groups excluding tert-OH is 1. The van der Waals surface area contributed by atoms with E-state index in [-0.39, 0.29) is 18.2 Å². The highest BCUT2D eigenvalue weighted by Gasteiger charge is 2.42. The highest BCUT2D eigenvalue weighted by molar-refractivity contribution is 5.69. The van der Waals surface area contributed by atoms with Gasteiger partial charge < -0.3 is 14.6 Å². The third-order valence-corrected chi connectivity index (χ3v) is 4.24. The van der Waals surface area contributed by atoms with Crippen LogP contribution in [0.2, 0.25) is 0 Å². The molecule has 1 heterocycles. The first-order chi connectivity index (χ1) is 12.2. The van der Waals surface area contributed by atoms with Gasteiger partial charge in [-0.25, -0.2) is 0 Å². The minimum Gasteiger partial charge on any atom is -0.469 e. The molecule has 0 bridgehead atoms.